The molecular weight excluding hydrogens is 267 g/mol. The van der Waals surface area contributed by atoms with Crippen molar-refractivity contribution in [2.45, 2.75) is 6.92 Å². The van der Waals surface area contributed by atoms with E-state index in [9.17, 15) is 14.0 Å². The molecule has 0 aliphatic carbocycles. The highest BCUT2D eigenvalue weighted by Gasteiger charge is 2.18. The molecule has 0 fully saturated rings. The van der Waals surface area contributed by atoms with Gasteiger partial charge in [0.2, 0.25) is 5.78 Å². The number of carbonyl (C=O) groups is 2. The number of ketones is 1. The highest BCUT2D eigenvalue weighted by molar-refractivity contribution is 7.16. The van der Waals surface area contributed by atoms with E-state index in [0.29, 0.717) is 9.75 Å². The number of halogens is 1. The Morgan fingerprint density at radius 1 is 1.16 bits per heavy atom. The maximum Gasteiger partial charge on any atom is 0.348 e. The summed E-state index contributed by atoms with van der Waals surface area (Å²) in [6, 6.07) is 8.78. The van der Waals surface area contributed by atoms with Gasteiger partial charge < -0.3 is 4.74 Å². The lowest BCUT2D eigenvalue weighted by Gasteiger charge is -1.99. The summed E-state index contributed by atoms with van der Waals surface area (Å²) < 4.78 is 18.3. The molecule has 1 aromatic carbocycles. The van der Waals surface area contributed by atoms with Crippen LogP contribution in [0.5, 0.6) is 0 Å². The van der Waals surface area contributed by atoms with Crippen LogP contribution in [0.25, 0.3) is 0 Å². The average Bonchev–Trinajstić information content (AvgIpc) is 2.88. The van der Waals surface area contributed by atoms with Crippen LogP contribution in [0.4, 0.5) is 4.39 Å². The molecule has 3 nitrogen and oxygen atoms in total. The van der Waals surface area contributed by atoms with Gasteiger partial charge in [0, 0.05) is 0 Å². The Bertz CT molecular complexity index is 619. The van der Waals surface area contributed by atoms with Crippen LogP contribution in [0.3, 0.4) is 0 Å². The van der Waals surface area contributed by atoms with Gasteiger partial charge in [-0.2, -0.15) is 0 Å². The molecule has 0 atom stereocenters. The maximum atomic E-state index is 13.5. The zero-order chi connectivity index (χ0) is 13.8. The van der Waals surface area contributed by atoms with Crippen molar-refractivity contribution in [1.82, 2.24) is 0 Å². The molecule has 0 bridgehead atoms. The second kappa shape index (κ2) is 5.75. The highest BCUT2D eigenvalue weighted by Crippen LogP contribution is 2.22. The summed E-state index contributed by atoms with van der Waals surface area (Å²) in [5, 5.41) is 0. The minimum Gasteiger partial charge on any atom is -0.462 e. The van der Waals surface area contributed by atoms with Crippen LogP contribution < -0.4 is 0 Å². The number of thiophene rings is 1. The van der Waals surface area contributed by atoms with Gasteiger partial charge in [0.05, 0.1) is 17.0 Å². The number of rotatable bonds is 4. The predicted octanol–water partition coefficient (Wildman–Crippen LogP) is 3.29. The predicted molar refractivity (Wildman–Crippen MR) is 70.1 cm³/mol. The molecule has 2 aromatic rings. The lowest BCUT2D eigenvalue weighted by Crippen LogP contribution is -2.02. The first-order chi connectivity index (χ1) is 9.13. The molecule has 98 valence electrons. The Labute approximate surface area is 113 Å². The lowest BCUT2D eigenvalue weighted by molar-refractivity contribution is 0.0532. The standard InChI is InChI=1S/C14H11FO3S/c1-2-18-14(17)12-8-7-11(19-12)13(16)9-5-3-4-6-10(9)15/h3-8H,2H2,1H3. The zero-order valence-electron chi connectivity index (χ0n) is 10.2. The van der Waals surface area contributed by atoms with Gasteiger partial charge in [-0.15, -0.1) is 11.3 Å². The van der Waals surface area contributed by atoms with E-state index >= 15 is 0 Å². The first kappa shape index (κ1) is 13.4. The fraction of sp³-hybridized carbons (Fsp3) is 0.143. The summed E-state index contributed by atoms with van der Waals surface area (Å²) >= 11 is 1.00. The van der Waals surface area contributed by atoms with Gasteiger partial charge in [-0.1, -0.05) is 12.1 Å². The quantitative estimate of drug-likeness (QED) is 0.636. The second-order valence-electron chi connectivity index (χ2n) is 3.69. The fourth-order valence-corrected chi connectivity index (χ4v) is 2.40. The monoisotopic (exact) mass is 278 g/mol. The van der Waals surface area contributed by atoms with Crippen LogP contribution in [0.1, 0.15) is 31.8 Å². The number of hydrogen-bond acceptors (Lipinski definition) is 4. The summed E-state index contributed by atoms with van der Waals surface area (Å²) in [5.74, 6) is -1.47. The Balaban J connectivity index is 2.26. The van der Waals surface area contributed by atoms with Crippen molar-refractivity contribution in [3.63, 3.8) is 0 Å². The van der Waals surface area contributed by atoms with Crippen LogP contribution in [0.15, 0.2) is 36.4 Å². The van der Waals surface area contributed by atoms with Crippen molar-refractivity contribution in [2.24, 2.45) is 0 Å². The normalized spacial score (nSPS) is 10.2. The molecule has 1 aromatic heterocycles. The summed E-state index contributed by atoms with van der Waals surface area (Å²) in [7, 11) is 0. The Morgan fingerprint density at radius 3 is 2.53 bits per heavy atom. The minimum absolute atomic E-state index is 0.000223. The number of ether oxygens (including phenoxy) is 1. The van der Waals surface area contributed by atoms with Crippen LogP contribution in [0, 0.1) is 5.82 Å². The van der Waals surface area contributed by atoms with Gasteiger partial charge >= 0.3 is 5.97 Å². The average molecular weight is 278 g/mol. The van der Waals surface area contributed by atoms with E-state index in [1.54, 1.807) is 13.0 Å². The Morgan fingerprint density at radius 2 is 1.84 bits per heavy atom. The van der Waals surface area contributed by atoms with Crippen molar-refractivity contribution in [2.75, 3.05) is 6.61 Å². The van der Waals surface area contributed by atoms with E-state index in [1.807, 2.05) is 0 Å². The van der Waals surface area contributed by atoms with E-state index in [2.05, 4.69) is 0 Å². The fourth-order valence-electron chi connectivity index (χ4n) is 1.55. The smallest absolute Gasteiger partial charge is 0.348 e. The maximum absolute atomic E-state index is 13.5. The van der Waals surface area contributed by atoms with Crippen LogP contribution in [-0.4, -0.2) is 18.4 Å². The van der Waals surface area contributed by atoms with Crippen molar-refractivity contribution in [3.05, 3.63) is 57.5 Å². The van der Waals surface area contributed by atoms with E-state index in [1.165, 1.54) is 30.3 Å². The first-order valence-electron chi connectivity index (χ1n) is 5.69. The summed E-state index contributed by atoms with van der Waals surface area (Å²) in [6.07, 6.45) is 0. The lowest BCUT2D eigenvalue weighted by atomic mass is 10.1. The van der Waals surface area contributed by atoms with Gasteiger partial charge in [-0.25, -0.2) is 9.18 Å². The third-order valence-electron chi connectivity index (χ3n) is 2.42. The molecule has 1 heterocycles. The summed E-state index contributed by atoms with van der Waals surface area (Å²) in [4.78, 5) is 24.2. The van der Waals surface area contributed by atoms with Crippen molar-refractivity contribution >= 4 is 23.1 Å². The van der Waals surface area contributed by atoms with Crippen molar-refractivity contribution < 1.29 is 18.7 Å². The zero-order valence-corrected chi connectivity index (χ0v) is 11.0. The molecule has 2 rings (SSSR count). The molecule has 19 heavy (non-hydrogen) atoms. The molecule has 0 radical (unpaired) electrons. The molecule has 0 aliphatic heterocycles. The van der Waals surface area contributed by atoms with Crippen molar-refractivity contribution in [1.29, 1.82) is 0 Å². The SMILES string of the molecule is CCOC(=O)c1ccc(C(=O)c2ccccc2F)s1. The number of benzene rings is 1. The highest BCUT2D eigenvalue weighted by atomic mass is 32.1. The minimum atomic E-state index is -0.571. The van der Waals surface area contributed by atoms with E-state index in [-0.39, 0.29) is 12.2 Å². The molecule has 0 amide bonds. The molecule has 0 N–H and O–H groups in total. The number of esters is 1. The summed E-state index contributed by atoms with van der Waals surface area (Å²) in [6.45, 7) is 1.98. The van der Waals surface area contributed by atoms with Crippen LogP contribution >= 0.6 is 11.3 Å². The van der Waals surface area contributed by atoms with Gasteiger partial charge in [0.25, 0.3) is 0 Å². The summed E-state index contributed by atoms with van der Waals surface area (Å²) in [5.41, 5.74) is -0.000223. The van der Waals surface area contributed by atoms with Crippen LogP contribution in [-0.2, 0) is 4.74 Å². The second-order valence-corrected chi connectivity index (χ2v) is 4.78. The van der Waals surface area contributed by atoms with Crippen molar-refractivity contribution in [3.8, 4) is 0 Å². The van der Waals surface area contributed by atoms with Crippen LogP contribution in [0.2, 0.25) is 0 Å². The van der Waals surface area contributed by atoms with E-state index in [4.69, 9.17) is 4.74 Å². The topological polar surface area (TPSA) is 43.4 Å². The molecule has 0 aliphatic rings. The first-order valence-corrected chi connectivity index (χ1v) is 6.51. The third kappa shape index (κ3) is 2.88. The molecule has 0 spiro atoms. The van der Waals surface area contributed by atoms with Gasteiger partial charge in [-0.05, 0) is 31.2 Å². The largest absolute Gasteiger partial charge is 0.462 e. The third-order valence-corrected chi connectivity index (χ3v) is 3.49. The molecule has 0 saturated carbocycles. The Hall–Kier alpha value is -2.01. The van der Waals surface area contributed by atoms with Gasteiger partial charge in [0.15, 0.2) is 0 Å². The molecule has 0 saturated heterocycles. The van der Waals surface area contributed by atoms with E-state index in [0.717, 1.165) is 11.3 Å². The molecule has 0 unspecified atom stereocenters. The van der Waals surface area contributed by atoms with E-state index < -0.39 is 17.6 Å². The van der Waals surface area contributed by atoms with Gasteiger partial charge in [0.1, 0.15) is 10.7 Å². The Kier molecular flexibility index (Phi) is 4.06. The number of carbonyl (C=O) groups excluding carboxylic acids is 2. The number of hydrogen-bond donors (Lipinski definition) is 0. The molecular formula is C14H11FO3S. The van der Waals surface area contributed by atoms with Gasteiger partial charge in [-0.3, -0.25) is 4.79 Å². The molecule has 5 heteroatoms.